The second-order valence-electron chi connectivity index (χ2n) is 5.29. The van der Waals surface area contributed by atoms with Crippen molar-refractivity contribution in [1.29, 1.82) is 0 Å². The number of allylic oxidation sites excluding steroid dienone is 1. The van der Waals surface area contributed by atoms with Crippen molar-refractivity contribution in [2.45, 2.75) is 64.8 Å². The van der Waals surface area contributed by atoms with Gasteiger partial charge in [0.15, 0.2) is 0 Å². The third-order valence-electron chi connectivity index (χ3n) is 4.18. The Morgan fingerprint density at radius 1 is 1.25 bits per heavy atom. The summed E-state index contributed by atoms with van der Waals surface area (Å²) in [5.74, 6) is 1.87. The molecule has 0 spiro atoms. The highest BCUT2D eigenvalue weighted by atomic mass is 14.9. The summed E-state index contributed by atoms with van der Waals surface area (Å²) in [6.45, 7) is 9.55. The summed E-state index contributed by atoms with van der Waals surface area (Å²) >= 11 is 0. The highest BCUT2D eigenvalue weighted by Crippen LogP contribution is 2.35. The summed E-state index contributed by atoms with van der Waals surface area (Å²) in [6, 6.07) is 0.795. The van der Waals surface area contributed by atoms with Crippen LogP contribution in [0, 0.1) is 11.8 Å². The first kappa shape index (κ1) is 13.8. The molecule has 1 nitrogen and oxygen atoms in total. The van der Waals surface area contributed by atoms with Gasteiger partial charge in [-0.05, 0) is 44.1 Å². The number of hydrogen-bond donors (Lipinski definition) is 1. The lowest BCUT2D eigenvalue weighted by atomic mass is 9.90. The van der Waals surface area contributed by atoms with E-state index in [9.17, 15) is 0 Å². The zero-order chi connectivity index (χ0) is 11.8. The molecule has 0 amide bonds. The van der Waals surface area contributed by atoms with Crippen LogP contribution in [-0.4, -0.2) is 12.6 Å². The minimum atomic E-state index is 0.795. The molecule has 0 aromatic carbocycles. The van der Waals surface area contributed by atoms with Crippen LogP contribution in [0.3, 0.4) is 0 Å². The molecule has 0 aromatic heterocycles. The van der Waals surface area contributed by atoms with Crippen molar-refractivity contribution >= 4 is 0 Å². The van der Waals surface area contributed by atoms with Gasteiger partial charge in [-0.2, -0.15) is 0 Å². The zero-order valence-corrected chi connectivity index (χ0v) is 11.2. The fraction of sp³-hybridized carbons (Fsp3) is 0.867. The molecule has 1 rings (SSSR count). The van der Waals surface area contributed by atoms with Crippen molar-refractivity contribution in [3.05, 3.63) is 12.7 Å². The number of nitrogens with one attached hydrogen (secondary N) is 1. The molecule has 0 heterocycles. The molecule has 3 atom stereocenters. The standard InChI is InChI=1S/C15H29N/c1-4-6-7-8-9-10-14-11-12-15(13(14)3)16-5-2/h4,13-16H,1,5-12H2,2-3H3. The van der Waals surface area contributed by atoms with Gasteiger partial charge in [0.05, 0.1) is 0 Å². The predicted molar refractivity (Wildman–Crippen MR) is 72.6 cm³/mol. The van der Waals surface area contributed by atoms with Gasteiger partial charge in [0.25, 0.3) is 0 Å². The third kappa shape index (κ3) is 4.29. The van der Waals surface area contributed by atoms with Crippen LogP contribution in [0.1, 0.15) is 58.8 Å². The van der Waals surface area contributed by atoms with E-state index in [0.717, 1.165) is 24.4 Å². The van der Waals surface area contributed by atoms with Gasteiger partial charge in [0.1, 0.15) is 0 Å². The van der Waals surface area contributed by atoms with Crippen molar-refractivity contribution in [2.24, 2.45) is 11.8 Å². The molecule has 1 saturated carbocycles. The van der Waals surface area contributed by atoms with Crippen molar-refractivity contribution in [1.82, 2.24) is 5.32 Å². The molecule has 16 heavy (non-hydrogen) atoms. The van der Waals surface area contributed by atoms with E-state index in [-0.39, 0.29) is 0 Å². The molecule has 3 unspecified atom stereocenters. The monoisotopic (exact) mass is 223 g/mol. The van der Waals surface area contributed by atoms with Crippen LogP contribution in [-0.2, 0) is 0 Å². The van der Waals surface area contributed by atoms with E-state index in [2.05, 4.69) is 25.7 Å². The Morgan fingerprint density at radius 3 is 2.75 bits per heavy atom. The highest BCUT2D eigenvalue weighted by molar-refractivity contribution is 4.86. The van der Waals surface area contributed by atoms with E-state index < -0.39 is 0 Å². The average Bonchev–Trinajstić information content (AvgIpc) is 2.62. The first-order valence-corrected chi connectivity index (χ1v) is 7.13. The van der Waals surface area contributed by atoms with Gasteiger partial charge in [-0.25, -0.2) is 0 Å². The van der Waals surface area contributed by atoms with Gasteiger partial charge < -0.3 is 5.32 Å². The van der Waals surface area contributed by atoms with Crippen LogP contribution in [0.2, 0.25) is 0 Å². The van der Waals surface area contributed by atoms with Crippen LogP contribution in [0.5, 0.6) is 0 Å². The van der Waals surface area contributed by atoms with Crippen molar-refractivity contribution < 1.29 is 0 Å². The van der Waals surface area contributed by atoms with Gasteiger partial charge in [-0.1, -0.05) is 39.2 Å². The average molecular weight is 223 g/mol. The minimum Gasteiger partial charge on any atom is -0.314 e. The maximum Gasteiger partial charge on any atom is 0.00953 e. The molecule has 1 aliphatic rings. The van der Waals surface area contributed by atoms with Crippen LogP contribution in [0.15, 0.2) is 12.7 Å². The second-order valence-corrected chi connectivity index (χ2v) is 5.29. The van der Waals surface area contributed by atoms with Gasteiger partial charge in [0.2, 0.25) is 0 Å². The Kier molecular flexibility index (Phi) is 6.79. The molecule has 0 saturated heterocycles. The minimum absolute atomic E-state index is 0.795. The zero-order valence-electron chi connectivity index (χ0n) is 11.2. The molecule has 1 fully saturated rings. The molecule has 0 aliphatic heterocycles. The third-order valence-corrected chi connectivity index (χ3v) is 4.18. The largest absolute Gasteiger partial charge is 0.314 e. The van der Waals surface area contributed by atoms with E-state index in [0.29, 0.717) is 0 Å². The summed E-state index contributed by atoms with van der Waals surface area (Å²) in [4.78, 5) is 0. The van der Waals surface area contributed by atoms with E-state index in [1.807, 2.05) is 6.08 Å². The Balaban J connectivity index is 2.11. The SMILES string of the molecule is C=CCCCCCC1CCC(NCC)C1C. The Hall–Kier alpha value is -0.300. The molecule has 0 bridgehead atoms. The topological polar surface area (TPSA) is 12.0 Å². The van der Waals surface area contributed by atoms with Crippen molar-refractivity contribution in [3.63, 3.8) is 0 Å². The summed E-state index contributed by atoms with van der Waals surface area (Å²) in [7, 11) is 0. The highest BCUT2D eigenvalue weighted by Gasteiger charge is 2.31. The fourth-order valence-electron chi connectivity index (χ4n) is 3.08. The molecular formula is C15H29N. The van der Waals surface area contributed by atoms with Crippen molar-refractivity contribution in [3.8, 4) is 0 Å². The fourth-order valence-corrected chi connectivity index (χ4v) is 3.08. The van der Waals surface area contributed by atoms with Gasteiger partial charge in [-0.3, -0.25) is 0 Å². The normalized spacial score (nSPS) is 29.5. The van der Waals surface area contributed by atoms with Crippen LogP contribution >= 0.6 is 0 Å². The maximum atomic E-state index is 3.77. The number of rotatable bonds is 8. The lowest BCUT2D eigenvalue weighted by molar-refractivity contribution is 0.331. The van der Waals surface area contributed by atoms with E-state index in [1.165, 1.54) is 44.9 Å². The van der Waals surface area contributed by atoms with Crippen LogP contribution < -0.4 is 5.32 Å². The van der Waals surface area contributed by atoms with Gasteiger partial charge in [-0.15, -0.1) is 6.58 Å². The van der Waals surface area contributed by atoms with Crippen LogP contribution in [0.4, 0.5) is 0 Å². The number of hydrogen-bond acceptors (Lipinski definition) is 1. The predicted octanol–water partition coefficient (Wildman–Crippen LogP) is 4.15. The second kappa shape index (κ2) is 7.89. The van der Waals surface area contributed by atoms with Gasteiger partial charge in [0, 0.05) is 6.04 Å². The molecule has 0 radical (unpaired) electrons. The molecular weight excluding hydrogens is 194 g/mol. The molecule has 1 heteroatoms. The first-order chi connectivity index (χ1) is 7.79. The molecule has 1 aliphatic carbocycles. The van der Waals surface area contributed by atoms with Crippen molar-refractivity contribution in [2.75, 3.05) is 6.54 Å². The maximum absolute atomic E-state index is 3.77. The Morgan fingerprint density at radius 2 is 2.06 bits per heavy atom. The summed E-state index contributed by atoms with van der Waals surface area (Å²) in [5, 5.41) is 3.62. The Bertz CT molecular complexity index is 188. The summed E-state index contributed by atoms with van der Waals surface area (Å²) in [5.41, 5.74) is 0. The number of unbranched alkanes of at least 4 members (excludes halogenated alkanes) is 3. The first-order valence-electron chi connectivity index (χ1n) is 7.13. The lowest BCUT2D eigenvalue weighted by Crippen LogP contribution is -2.32. The van der Waals surface area contributed by atoms with E-state index in [4.69, 9.17) is 0 Å². The quantitative estimate of drug-likeness (QED) is 0.481. The lowest BCUT2D eigenvalue weighted by Gasteiger charge is -2.21. The van der Waals surface area contributed by atoms with E-state index in [1.54, 1.807) is 0 Å². The smallest absolute Gasteiger partial charge is 0.00953 e. The summed E-state index contributed by atoms with van der Waals surface area (Å²) in [6.07, 6.45) is 11.7. The molecule has 1 N–H and O–H groups in total. The van der Waals surface area contributed by atoms with Crippen LogP contribution in [0.25, 0.3) is 0 Å². The van der Waals surface area contributed by atoms with E-state index >= 15 is 0 Å². The Labute approximate surface area is 102 Å². The molecule has 0 aromatic rings. The summed E-state index contributed by atoms with van der Waals surface area (Å²) < 4.78 is 0. The van der Waals surface area contributed by atoms with Gasteiger partial charge >= 0.3 is 0 Å². The molecule has 94 valence electrons.